The van der Waals surface area contributed by atoms with E-state index in [1.165, 1.54) is 19.3 Å². The maximum Gasteiger partial charge on any atom is 0.228 e. The van der Waals surface area contributed by atoms with Crippen LogP contribution in [0.3, 0.4) is 0 Å². The summed E-state index contributed by atoms with van der Waals surface area (Å²) in [7, 11) is 0. The van der Waals surface area contributed by atoms with Crippen molar-refractivity contribution in [2.75, 3.05) is 13.1 Å². The lowest BCUT2D eigenvalue weighted by atomic mass is 9.49. The molecule has 1 aromatic rings. The summed E-state index contributed by atoms with van der Waals surface area (Å²) >= 11 is 5.91. The zero-order valence-electron chi connectivity index (χ0n) is 17.0. The van der Waals surface area contributed by atoms with Crippen molar-refractivity contribution in [1.29, 1.82) is 0 Å². The SMILES string of the molecule is O=C(NCc1ccc(Cl)cc1)C1CCN(C(=O)C23CC4CC(CC(C4)C2)C3)CC1. The minimum absolute atomic E-state index is 0.0164. The van der Waals surface area contributed by atoms with E-state index in [1.54, 1.807) is 0 Å². The minimum Gasteiger partial charge on any atom is -0.352 e. The predicted molar refractivity (Wildman–Crippen MR) is 113 cm³/mol. The summed E-state index contributed by atoms with van der Waals surface area (Å²) in [5.74, 6) is 2.92. The molecule has 4 aliphatic carbocycles. The molecule has 5 aliphatic rings. The zero-order chi connectivity index (χ0) is 20.0. The van der Waals surface area contributed by atoms with E-state index in [0.717, 1.165) is 68.5 Å². The Hall–Kier alpha value is -1.55. The number of nitrogens with zero attached hydrogens (tertiary/aromatic N) is 1. The van der Waals surface area contributed by atoms with Crippen LogP contribution in [0, 0.1) is 29.1 Å². The number of piperidine rings is 1. The topological polar surface area (TPSA) is 49.4 Å². The van der Waals surface area contributed by atoms with Gasteiger partial charge in [-0.2, -0.15) is 0 Å². The van der Waals surface area contributed by atoms with E-state index in [4.69, 9.17) is 11.6 Å². The van der Waals surface area contributed by atoms with Crippen molar-refractivity contribution in [1.82, 2.24) is 10.2 Å². The smallest absolute Gasteiger partial charge is 0.228 e. The van der Waals surface area contributed by atoms with Gasteiger partial charge >= 0.3 is 0 Å². The van der Waals surface area contributed by atoms with Gasteiger partial charge in [0.25, 0.3) is 0 Å². The summed E-state index contributed by atoms with van der Waals surface area (Å²) in [4.78, 5) is 28.2. The fraction of sp³-hybridized carbons (Fsp3) is 0.667. The molecule has 5 heteroatoms. The van der Waals surface area contributed by atoms with Gasteiger partial charge in [-0.05, 0) is 86.8 Å². The molecule has 1 N–H and O–H groups in total. The number of hydrogen-bond acceptors (Lipinski definition) is 2. The van der Waals surface area contributed by atoms with Gasteiger partial charge < -0.3 is 10.2 Å². The number of rotatable bonds is 4. The van der Waals surface area contributed by atoms with Gasteiger partial charge in [0, 0.05) is 30.6 Å². The summed E-state index contributed by atoms with van der Waals surface area (Å²) in [6, 6.07) is 7.57. The number of carbonyl (C=O) groups excluding carboxylic acids is 2. The van der Waals surface area contributed by atoms with Crippen LogP contribution in [-0.4, -0.2) is 29.8 Å². The number of nitrogens with one attached hydrogen (secondary N) is 1. The Morgan fingerprint density at radius 3 is 2.07 bits per heavy atom. The summed E-state index contributed by atoms with van der Waals surface area (Å²) in [5, 5.41) is 3.76. The molecule has 1 saturated heterocycles. The Bertz CT molecular complexity index is 747. The summed E-state index contributed by atoms with van der Waals surface area (Å²) in [6.07, 6.45) is 9.03. The first-order valence-corrected chi connectivity index (χ1v) is 11.7. The van der Waals surface area contributed by atoms with Gasteiger partial charge in [0.2, 0.25) is 11.8 Å². The fourth-order valence-corrected chi connectivity index (χ4v) is 7.11. The quantitative estimate of drug-likeness (QED) is 0.793. The van der Waals surface area contributed by atoms with E-state index in [1.807, 2.05) is 24.3 Å². The van der Waals surface area contributed by atoms with Gasteiger partial charge in [-0.25, -0.2) is 0 Å². The van der Waals surface area contributed by atoms with Crippen molar-refractivity contribution in [2.45, 2.75) is 57.9 Å². The van der Waals surface area contributed by atoms with E-state index in [-0.39, 0.29) is 17.2 Å². The first-order valence-electron chi connectivity index (χ1n) is 11.3. The molecule has 29 heavy (non-hydrogen) atoms. The number of likely N-dealkylation sites (tertiary alicyclic amines) is 1. The van der Waals surface area contributed by atoms with E-state index in [9.17, 15) is 9.59 Å². The molecule has 4 saturated carbocycles. The van der Waals surface area contributed by atoms with Crippen LogP contribution in [0.2, 0.25) is 5.02 Å². The second-order valence-electron chi connectivity index (χ2n) is 10.1. The standard InChI is InChI=1S/C24H31ClN2O2/c25-21-3-1-16(2-4-21)15-26-22(28)20-5-7-27(8-6-20)23(29)24-12-17-9-18(13-24)11-19(10-17)14-24/h1-4,17-20H,5-15H2,(H,26,28). The van der Waals surface area contributed by atoms with Crippen LogP contribution < -0.4 is 5.32 Å². The molecule has 4 bridgehead atoms. The third-order valence-electron chi connectivity index (χ3n) is 8.02. The molecule has 1 aromatic carbocycles. The van der Waals surface area contributed by atoms with Crippen LogP contribution in [0.4, 0.5) is 0 Å². The van der Waals surface area contributed by atoms with Gasteiger partial charge in [0.15, 0.2) is 0 Å². The molecule has 4 nitrogen and oxygen atoms in total. The Morgan fingerprint density at radius 1 is 0.966 bits per heavy atom. The van der Waals surface area contributed by atoms with Crippen molar-refractivity contribution in [2.24, 2.45) is 29.1 Å². The molecular formula is C24H31ClN2O2. The average Bonchev–Trinajstić information content (AvgIpc) is 2.72. The Morgan fingerprint density at radius 2 is 1.52 bits per heavy atom. The monoisotopic (exact) mass is 414 g/mol. The lowest BCUT2D eigenvalue weighted by Gasteiger charge is -2.57. The van der Waals surface area contributed by atoms with Crippen LogP contribution in [0.1, 0.15) is 56.9 Å². The number of carbonyl (C=O) groups is 2. The van der Waals surface area contributed by atoms with Crippen LogP contribution in [0.25, 0.3) is 0 Å². The van der Waals surface area contributed by atoms with E-state index in [0.29, 0.717) is 17.5 Å². The van der Waals surface area contributed by atoms with E-state index in [2.05, 4.69) is 10.2 Å². The first kappa shape index (κ1) is 19.4. The first-order chi connectivity index (χ1) is 14.0. The predicted octanol–water partition coefficient (Wildman–Crippen LogP) is 4.41. The molecule has 1 heterocycles. The molecule has 2 amide bonds. The summed E-state index contributed by atoms with van der Waals surface area (Å²) in [6.45, 7) is 2.00. The zero-order valence-corrected chi connectivity index (χ0v) is 17.8. The molecule has 0 atom stereocenters. The van der Waals surface area contributed by atoms with E-state index < -0.39 is 0 Å². The maximum atomic E-state index is 13.5. The van der Waals surface area contributed by atoms with Crippen LogP contribution >= 0.6 is 11.6 Å². The Labute approximate surface area is 178 Å². The summed E-state index contributed by atoms with van der Waals surface area (Å²) in [5.41, 5.74) is 0.996. The van der Waals surface area contributed by atoms with Gasteiger partial charge in [0.1, 0.15) is 0 Å². The highest BCUT2D eigenvalue weighted by Crippen LogP contribution is 2.60. The highest BCUT2D eigenvalue weighted by atomic mass is 35.5. The third kappa shape index (κ3) is 3.81. The number of halogens is 1. The number of hydrogen-bond donors (Lipinski definition) is 1. The van der Waals surface area contributed by atoms with Crippen molar-refractivity contribution in [3.05, 3.63) is 34.9 Å². The second-order valence-corrected chi connectivity index (χ2v) is 10.5. The molecule has 0 unspecified atom stereocenters. The van der Waals surface area contributed by atoms with Gasteiger partial charge in [-0.1, -0.05) is 23.7 Å². The van der Waals surface area contributed by atoms with Crippen molar-refractivity contribution in [3.8, 4) is 0 Å². The highest BCUT2D eigenvalue weighted by Gasteiger charge is 2.55. The van der Waals surface area contributed by atoms with Crippen LogP contribution in [0.5, 0.6) is 0 Å². The maximum absolute atomic E-state index is 13.5. The lowest BCUT2D eigenvalue weighted by molar-refractivity contribution is -0.159. The molecule has 1 aliphatic heterocycles. The molecule has 6 rings (SSSR count). The molecule has 156 valence electrons. The third-order valence-corrected chi connectivity index (χ3v) is 8.28. The second kappa shape index (κ2) is 7.61. The van der Waals surface area contributed by atoms with E-state index >= 15 is 0 Å². The van der Waals surface area contributed by atoms with Gasteiger partial charge in [0.05, 0.1) is 5.41 Å². The van der Waals surface area contributed by atoms with Gasteiger partial charge in [-0.15, -0.1) is 0 Å². The highest BCUT2D eigenvalue weighted by molar-refractivity contribution is 6.30. The minimum atomic E-state index is -0.0571. The molecular weight excluding hydrogens is 384 g/mol. The molecule has 5 fully saturated rings. The number of benzene rings is 1. The van der Waals surface area contributed by atoms with Crippen LogP contribution in [0.15, 0.2) is 24.3 Å². The average molecular weight is 415 g/mol. The molecule has 0 radical (unpaired) electrons. The summed E-state index contributed by atoms with van der Waals surface area (Å²) < 4.78 is 0. The largest absolute Gasteiger partial charge is 0.352 e. The fourth-order valence-electron chi connectivity index (χ4n) is 6.99. The van der Waals surface area contributed by atoms with Gasteiger partial charge in [-0.3, -0.25) is 9.59 Å². The normalized spacial score (nSPS) is 33.7. The molecule has 0 aromatic heterocycles. The van der Waals surface area contributed by atoms with Crippen LogP contribution in [-0.2, 0) is 16.1 Å². The van der Waals surface area contributed by atoms with Crippen molar-refractivity contribution >= 4 is 23.4 Å². The lowest BCUT2D eigenvalue weighted by Crippen LogP contribution is -2.56. The number of amides is 2. The Kier molecular flexibility index (Phi) is 5.09. The molecule has 0 spiro atoms. The van der Waals surface area contributed by atoms with Crippen molar-refractivity contribution < 1.29 is 9.59 Å². The van der Waals surface area contributed by atoms with Crippen molar-refractivity contribution in [3.63, 3.8) is 0 Å². The Balaban J connectivity index is 1.14.